The first-order chi connectivity index (χ1) is 3.18. The van der Waals surface area contributed by atoms with E-state index >= 15 is 0 Å². The number of carbonyl (C=O) groups excluding carboxylic acids is 1. The second-order valence-corrected chi connectivity index (χ2v) is 0.710. The van der Waals surface area contributed by atoms with Gasteiger partial charge in [-0.1, -0.05) is 0 Å². The van der Waals surface area contributed by atoms with Crippen molar-refractivity contribution in [3.8, 4) is 0 Å². The first-order valence-corrected chi connectivity index (χ1v) is 1.32. The predicted octanol–water partition coefficient (Wildman–Crippen LogP) is -2.97. The fraction of sp³-hybridized carbons (Fsp3) is 0. The maximum atomic E-state index is 9.56. The van der Waals surface area contributed by atoms with Crippen LogP contribution in [-0.2, 0) is 36.1 Å². The van der Waals surface area contributed by atoms with Crippen LogP contribution in [0.2, 0.25) is 0 Å². The van der Waals surface area contributed by atoms with E-state index in [0.717, 1.165) is 0 Å². The molecule has 0 aliphatic heterocycles. The summed E-state index contributed by atoms with van der Waals surface area (Å²) in [5, 5.41) is 7.63. The zero-order valence-corrected chi connectivity index (χ0v) is 5.31. The molecule has 0 heterocycles. The van der Waals surface area contributed by atoms with E-state index in [2.05, 4.69) is 10.7 Å². The van der Waals surface area contributed by atoms with Crippen molar-refractivity contribution in [2.45, 2.75) is 0 Å². The largest absolute Gasteiger partial charge is 0 e. The van der Waals surface area contributed by atoms with E-state index in [1.54, 1.807) is 0 Å². The summed E-state index contributed by atoms with van der Waals surface area (Å²) in [7, 11) is 0. The average molecular weight is 276 g/mol. The maximum Gasteiger partial charge on any atom is 0 e. The fourth-order valence-electron chi connectivity index (χ4n) is 0.0504. The van der Waals surface area contributed by atoms with Crippen LogP contribution in [0.3, 0.4) is 0 Å². The molecule has 0 saturated heterocycles. The van der Waals surface area contributed by atoms with Crippen molar-refractivity contribution in [3.63, 3.8) is 0 Å². The Hall–Kier alpha value is 0.413. The Morgan fingerprint density at radius 3 is 1.78 bits per heavy atom. The molecule has 0 fully saturated rings. The Bertz CT molecular complexity index is 107. The Labute approximate surface area is 82.7 Å². The predicted molar refractivity (Wildman–Crippen MR) is 29.2 cm³/mol. The fourth-order valence-corrected chi connectivity index (χ4v) is 0.0504. The van der Waals surface area contributed by atoms with Gasteiger partial charge in [0, 0.05) is 21.7 Å². The van der Waals surface area contributed by atoms with Crippen LogP contribution >= 0.6 is 0 Å². The monoisotopic (exact) mass is 277 g/mol. The van der Waals surface area contributed by atoms with Crippen molar-refractivity contribution in [2.75, 3.05) is 0 Å². The van der Waals surface area contributed by atoms with E-state index in [1.165, 1.54) is 0 Å². The molecule has 9 heavy (non-hydrogen) atoms. The van der Waals surface area contributed by atoms with Gasteiger partial charge in [-0.15, -0.1) is 0 Å². The molecule has 0 aromatic carbocycles. The van der Waals surface area contributed by atoms with E-state index in [0.29, 0.717) is 0 Å². The number of hydrogen-bond donors (Lipinski definition) is 2. The van der Waals surface area contributed by atoms with Crippen molar-refractivity contribution >= 4 is 35.8 Å². The van der Waals surface area contributed by atoms with Crippen molar-refractivity contribution < 1.29 is 41.3 Å². The number of hydrogen-bond acceptors (Lipinski definition) is 4. The molecule has 0 bridgehead atoms. The normalized spacial score (nSPS) is 5.89. The van der Waals surface area contributed by atoms with Crippen molar-refractivity contribution in [1.82, 2.24) is 0 Å². The van der Waals surface area contributed by atoms with Crippen LogP contribution < -0.4 is 5.90 Å². The van der Waals surface area contributed by atoms with Crippen LogP contribution in [0.5, 0.6) is 0 Å². The Balaban J connectivity index is -0.000000180. The number of carboxylic acids is 1. The zero-order chi connectivity index (χ0) is 5.86. The van der Waals surface area contributed by atoms with Gasteiger partial charge in [0.1, 0.15) is 0 Å². The molecule has 0 atom stereocenters. The van der Waals surface area contributed by atoms with Gasteiger partial charge in [-0.3, -0.25) is 0 Å². The molecule has 52 valence electrons. The summed E-state index contributed by atoms with van der Waals surface area (Å²) in [5.74, 6) is 0.992. The summed E-state index contributed by atoms with van der Waals surface area (Å²) in [4.78, 5) is 22.2. The first kappa shape index (κ1) is 16.2. The second-order valence-electron chi connectivity index (χ2n) is 0.710. The molecule has 5 nitrogen and oxygen atoms in total. The smallest absolute Gasteiger partial charge is 0 e. The number of rotatable bonds is 0. The van der Waals surface area contributed by atoms with Gasteiger partial charge in [0.25, 0.3) is 0 Å². The molecule has 0 saturated carbocycles. The Morgan fingerprint density at radius 2 is 1.78 bits per heavy atom. The number of carbonyl (C=O) groups is 2. The maximum absolute atomic E-state index is 9.56. The third kappa shape index (κ3) is 8.41. The van der Waals surface area contributed by atoms with Crippen LogP contribution in [0.4, 0.5) is 0 Å². The van der Waals surface area contributed by atoms with Gasteiger partial charge in [0.15, 0.2) is 0 Å². The Morgan fingerprint density at radius 1 is 1.44 bits per heavy atom. The summed E-state index contributed by atoms with van der Waals surface area (Å²) in [6, 6.07) is 0. The summed E-state index contributed by atoms with van der Waals surface area (Å²) < 4.78 is 0. The summed E-state index contributed by atoms with van der Waals surface area (Å²) >= 11 is 0. The summed E-state index contributed by atoms with van der Waals surface area (Å²) in [5.41, 5.74) is 0. The third-order valence-electron chi connectivity index (χ3n) is 0.282. The van der Waals surface area contributed by atoms with Crippen LogP contribution in [0, 0.1) is 0 Å². The Kier molecular flexibility index (Phi) is 15.1. The average Bonchev–Trinajstić information content (AvgIpc) is 1.65. The van der Waals surface area contributed by atoms with E-state index in [1.807, 2.05) is 0 Å². The molecular weight excluding hydrogens is 269 g/mol. The molecule has 0 aromatic heterocycles. The summed E-state index contributed by atoms with van der Waals surface area (Å²) in [6.45, 7) is 0. The summed E-state index contributed by atoms with van der Waals surface area (Å²) in [6.07, 6.45) is 0. The van der Waals surface area contributed by atoms with Crippen LogP contribution in [0.15, 0.2) is 0 Å². The van der Waals surface area contributed by atoms with Crippen LogP contribution in [0.1, 0.15) is 0 Å². The topological polar surface area (TPSA) is 89.6 Å². The minimum atomic E-state index is -1.69. The number of aliphatic carboxylic acids is 1. The SMILES string of the molecule is NOC(=O)C(=O)O.[SnH4].[Ti]. The van der Waals surface area contributed by atoms with Crippen molar-refractivity contribution in [2.24, 2.45) is 5.90 Å². The zero-order valence-electron chi connectivity index (χ0n) is 3.75. The molecule has 0 spiro atoms. The number of carboxylic acid groups (broad SMARTS) is 1. The molecule has 0 radical (unpaired) electrons. The first-order valence-electron chi connectivity index (χ1n) is 1.32. The minimum absolute atomic E-state index is 0. The molecule has 3 N–H and O–H groups in total. The van der Waals surface area contributed by atoms with Crippen LogP contribution in [-0.4, -0.2) is 41.0 Å². The minimum Gasteiger partial charge on any atom is 0 e. The standard InChI is InChI=1S/C2H3NO4.Sn.Ti.4H/c3-7-2(6)1(4)5;;;;;;/h3H2,(H,4,5);;;;;;. The van der Waals surface area contributed by atoms with Gasteiger partial charge in [-0.25, -0.2) is 9.59 Å². The molecule has 0 unspecified atom stereocenters. The van der Waals surface area contributed by atoms with E-state index in [-0.39, 0.29) is 45.6 Å². The van der Waals surface area contributed by atoms with E-state index in [9.17, 15) is 9.59 Å². The number of nitrogens with two attached hydrogens (primary N) is 1. The quantitative estimate of drug-likeness (QED) is 0.280. The molecule has 0 aliphatic carbocycles. The van der Waals surface area contributed by atoms with Crippen molar-refractivity contribution in [1.29, 1.82) is 0 Å². The molecule has 7 heteroatoms. The van der Waals surface area contributed by atoms with Gasteiger partial charge in [0.2, 0.25) is 0 Å². The molecule has 0 amide bonds. The molecule has 0 rings (SSSR count). The van der Waals surface area contributed by atoms with Crippen molar-refractivity contribution in [3.05, 3.63) is 0 Å². The van der Waals surface area contributed by atoms with Gasteiger partial charge in [0.05, 0.1) is 0 Å². The van der Waals surface area contributed by atoms with Gasteiger partial charge < -0.3 is 9.94 Å². The molecule has 0 aromatic rings. The molecular formula is C2H7NO4SnTi. The van der Waals surface area contributed by atoms with Gasteiger partial charge in [-0.05, 0) is 0 Å². The molecule has 0 aliphatic rings. The van der Waals surface area contributed by atoms with Gasteiger partial charge in [-0.2, -0.15) is 5.90 Å². The third-order valence-corrected chi connectivity index (χ3v) is 0.282. The second kappa shape index (κ2) is 8.41. The van der Waals surface area contributed by atoms with Crippen LogP contribution in [0.25, 0.3) is 0 Å². The van der Waals surface area contributed by atoms with E-state index < -0.39 is 11.9 Å². The van der Waals surface area contributed by atoms with E-state index in [4.69, 9.17) is 5.11 Å². The van der Waals surface area contributed by atoms with Gasteiger partial charge >= 0.3 is 35.8 Å².